The third kappa shape index (κ3) is 3.61. The van der Waals surface area contributed by atoms with Crippen LogP contribution in [0.15, 0.2) is 29.1 Å². The van der Waals surface area contributed by atoms with Gasteiger partial charge in [-0.15, -0.1) is 11.3 Å². The number of aromatic nitrogens is 2. The van der Waals surface area contributed by atoms with E-state index in [0.717, 1.165) is 22.5 Å². The minimum atomic E-state index is -0.577. The summed E-state index contributed by atoms with van der Waals surface area (Å²) in [5, 5.41) is 0.393. The quantitative estimate of drug-likeness (QED) is 0.676. The first-order valence-corrected chi connectivity index (χ1v) is 9.30. The molecule has 2 heterocycles. The number of carbonyl (C=O) groups is 2. The van der Waals surface area contributed by atoms with Crippen molar-refractivity contribution in [3.63, 3.8) is 0 Å². The van der Waals surface area contributed by atoms with Gasteiger partial charge in [0.1, 0.15) is 10.7 Å². The van der Waals surface area contributed by atoms with E-state index in [9.17, 15) is 14.4 Å². The summed E-state index contributed by atoms with van der Waals surface area (Å²) in [4.78, 5) is 41.4. The molecular formula is C19H20N4O3S. The number of aryl methyl sites for hydroxylation is 2. The highest BCUT2D eigenvalue weighted by molar-refractivity contribution is 7.20. The smallest absolute Gasteiger partial charge is 0.262 e. The van der Waals surface area contributed by atoms with Crippen LogP contribution in [0.1, 0.15) is 33.6 Å². The van der Waals surface area contributed by atoms with Gasteiger partial charge in [0, 0.05) is 18.5 Å². The molecule has 0 spiro atoms. The summed E-state index contributed by atoms with van der Waals surface area (Å²) in [6.07, 6.45) is 0.597. The van der Waals surface area contributed by atoms with E-state index in [2.05, 4.69) is 4.98 Å². The predicted molar refractivity (Wildman–Crippen MR) is 106 cm³/mol. The third-order valence-electron chi connectivity index (χ3n) is 4.36. The maximum absolute atomic E-state index is 13.2. The summed E-state index contributed by atoms with van der Waals surface area (Å²) >= 11 is 1.12. The Balaban J connectivity index is 2.26. The second kappa shape index (κ2) is 7.32. The summed E-state index contributed by atoms with van der Waals surface area (Å²) in [6.45, 7) is 3.95. The number of nitrogens with two attached hydrogens (primary N) is 2. The standard InChI is InChI=1S/C19H20N4O3S/c1-10-5-3-6-12(9-10)17-22-18-14(11(2)15(27-18)16(21)25)19(26)23(17)8-4-7-13(20)24/h3,5-6,9H,4,7-8H2,1-2H3,(H2,20,24)(H2,21,25). The molecule has 0 aliphatic rings. The van der Waals surface area contributed by atoms with E-state index in [1.807, 2.05) is 31.2 Å². The van der Waals surface area contributed by atoms with E-state index in [-0.39, 0.29) is 12.0 Å². The van der Waals surface area contributed by atoms with Crippen LogP contribution in [0.3, 0.4) is 0 Å². The number of hydrogen-bond donors (Lipinski definition) is 2. The van der Waals surface area contributed by atoms with Crippen LogP contribution < -0.4 is 17.0 Å². The Kier molecular flexibility index (Phi) is 5.09. The molecule has 8 heteroatoms. The summed E-state index contributed by atoms with van der Waals surface area (Å²) in [6, 6.07) is 7.66. The number of primary amides is 2. The van der Waals surface area contributed by atoms with Crippen molar-refractivity contribution >= 4 is 33.4 Å². The van der Waals surface area contributed by atoms with E-state index in [0.29, 0.717) is 39.4 Å². The lowest BCUT2D eigenvalue weighted by Gasteiger charge is -2.13. The lowest BCUT2D eigenvalue weighted by atomic mass is 10.1. The molecule has 2 amide bonds. The summed E-state index contributed by atoms with van der Waals surface area (Å²) < 4.78 is 1.55. The van der Waals surface area contributed by atoms with Crippen molar-refractivity contribution in [3.8, 4) is 11.4 Å². The first-order valence-electron chi connectivity index (χ1n) is 8.48. The molecule has 0 aliphatic heterocycles. The van der Waals surface area contributed by atoms with Gasteiger partial charge in [-0.25, -0.2) is 4.98 Å². The number of benzene rings is 1. The van der Waals surface area contributed by atoms with Crippen LogP contribution in [0.25, 0.3) is 21.6 Å². The van der Waals surface area contributed by atoms with Gasteiger partial charge in [-0.3, -0.25) is 19.0 Å². The van der Waals surface area contributed by atoms with Crippen molar-refractivity contribution in [1.82, 2.24) is 9.55 Å². The van der Waals surface area contributed by atoms with Gasteiger partial charge in [0.25, 0.3) is 11.5 Å². The first kappa shape index (κ1) is 18.8. The fraction of sp³-hybridized carbons (Fsp3) is 0.263. The number of hydrogen-bond acceptors (Lipinski definition) is 5. The zero-order chi connectivity index (χ0) is 19.7. The normalized spacial score (nSPS) is 11.0. The average molecular weight is 384 g/mol. The van der Waals surface area contributed by atoms with Crippen molar-refractivity contribution < 1.29 is 9.59 Å². The van der Waals surface area contributed by atoms with Gasteiger partial charge in [-0.05, 0) is 31.9 Å². The van der Waals surface area contributed by atoms with Crippen molar-refractivity contribution in [3.05, 3.63) is 50.6 Å². The lowest BCUT2D eigenvalue weighted by molar-refractivity contribution is -0.118. The highest BCUT2D eigenvalue weighted by atomic mass is 32.1. The molecule has 140 valence electrons. The summed E-state index contributed by atoms with van der Waals surface area (Å²) in [7, 11) is 0. The number of rotatable bonds is 6. The predicted octanol–water partition coefficient (Wildman–Crippen LogP) is 2.11. The Morgan fingerprint density at radius 3 is 2.59 bits per heavy atom. The molecule has 2 aromatic heterocycles. The fourth-order valence-corrected chi connectivity index (χ4v) is 4.10. The molecule has 7 nitrogen and oxygen atoms in total. The van der Waals surface area contributed by atoms with Gasteiger partial charge < -0.3 is 11.5 Å². The highest BCUT2D eigenvalue weighted by Gasteiger charge is 2.21. The van der Waals surface area contributed by atoms with Gasteiger partial charge in [0.2, 0.25) is 5.91 Å². The van der Waals surface area contributed by atoms with Gasteiger partial charge in [-0.2, -0.15) is 0 Å². The highest BCUT2D eigenvalue weighted by Crippen LogP contribution is 2.29. The van der Waals surface area contributed by atoms with Gasteiger partial charge in [0.05, 0.1) is 10.3 Å². The van der Waals surface area contributed by atoms with Crippen molar-refractivity contribution in [2.75, 3.05) is 0 Å². The molecule has 0 saturated carbocycles. The Bertz CT molecular complexity index is 1110. The van der Waals surface area contributed by atoms with Gasteiger partial charge >= 0.3 is 0 Å². The third-order valence-corrected chi connectivity index (χ3v) is 5.56. The number of thiophene rings is 1. The Labute approximate surface area is 159 Å². The van der Waals surface area contributed by atoms with Crippen molar-refractivity contribution in [2.24, 2.45) is 11.5 Å². The molecule has 0 saturated heterocycles. The molecule has 0 aliphatic carbocycles. The minimum Gasteiger partial charge on any atom is -0.370 e. The molecule has 0 fully saturated rings. The molecular weight excluding hydrogens is 364 g/mol. The number of nitrogens with zero attached hydrogens (tertiary/aromatic N) is 2. The molecule has 0 unspecified atom stereocenters. The van der Waals surface area contributed by atoms with Crippen LogP contribution in [0.5, 0.6) is 0 Å². The molecule has 0 atom stereocenters. The number of fused-ring (bicyclic) bond motifs is 1. The minimum absolute atomic E-state index is 0.174. The molecule has 1 aromatic carbocycles. The van der Waals surface area contributed by atoms with Gasteiger partial charge in [0.15, 0.2) is 0 Å². The lowest BCUT2D eigenvalue weighted by Crippen LogP contribution is -2.24. The van der Waals surface area contributed by atoms with Crippen molar-refractivity contribution in [1.29, 1.82) is 0 Å². The van der Waals surface area contributed by atoms with Crippen LogP contribution >= 0.6 is 11.3 Å². The maximum atomic E-state index is 13.2. The first-order chi connectivity index (χ1) is 12.8. The van der Waals surface area contributed by atoms with E-state index in [1.165, 1.54) is 0 Å². The maximum Gasteiger partial charge on any atom is 0.262 e. The topological polar surface area (TPSA) is 121 Å². The SMILES string of the molecule is Cc1cccc(-c2nc3sc(C(N)=O)c(C)c3c(=O)n2CCCC(N)=O)c1. The molecule has 3 rings (SSSR count). The Morgan fingerprint density at radius 1 is 1.22 bits per heavy atom. The van der Waals surface area contributed by atoms with Crippen molar-refractivity contribution in [2.45, 2.75) is 33.2 Å². The van der Waals surface area contributed by atoms with Crippen LogP contribution in [0, 0.1) is 13.8 Å². The molecule has 4 N–H and O–H groups in total. The number of carbonyl (C=O) groups excluding carboxylic acids is 2. The molecule has 0 bridgehead atoms. The van der Waals surface area contributed by atoms with Crippen LogP contribution in [-0.2, 0) is 11.3 Å². The fourth-order valence-electron chi connectivity index (χ4n) is 3.07. The van der Waals surface area contributed by atoms with Crippen LogP contribution in [0.2, 0.25) is 0 Å². The number of amides is 2. The van der Waals surface area contributed by atoms with Crippen LogP contribution in [-0.4, -0.2) is 21.4 Å². The van der Waals surface area contributed by atoms with E-state index < -0.39 is 11.8 Å². The van der Waals surface area contributed by atoms with E-state index >= 15 is 0 Å². The van der Waals surface area contributed by atoms with Crippen LogP contribution in [0.4, 0.5) is 0 Å². The van der Waals surface area contributed by atoms with Gasteiger partial charge in [-0.1, -0.05) is 23.8 Å². The van der Waals surface area contributed by atoms with E-state index in [4.69, 9.17) is 11.5 Å². The second-order valence-electron chi connectivity index (χ2n) is 6.43. The summed E-state index contributed by atoms with van der Waals surface area (Å²) in [5.74, 6) is -0.498. The molecule has 27 heavy (non-hydrogen) atoms. The second-order valence-corrected chi connectivity index (χ2v) is 7.43. The zero-order valence-electron chi connectivity index (χ0n) is 15.1. The average Bonchev–Trinajstić information content (AvgIpc) is 2.93. The molecule has 0 radical (unpaired) electrons. The Hall–Kier alpha value is -3.00. The zero-order valence-corrected chi connectivity index (χ0v) is 15.9. The van der Waals surface area contributed by atoms with E-state index in [1.54, 1.807) is 11.5 Å². The Morgan fingerprint density at radius 2 is 1.96 bits per heavy atom. The largest absolute Gasteiger partial charge is 0.370 e. The monoisotopic (exact) mass is 384 g/mol. The summed E-state index contributed by atoms with van der Waals surface area (Å²) in [5.41, 5.74) is 12.8. The molecule has 3 aromatic rings.